The highest BCUT2D eigenvalue weighted by Gasteiger charge is 2.50. The Hall–Kier alpha value is -1.83. The quantitative estimate of drug-likeness (QED) is 0.855. The third kappa shape index (κ3) is 3.07. The fraction of sp³-hybridized carbons (Fsp3) is 0.500. The monoisotopic (exact) mass is 390 g/mol. The molecule has 0 bridgehead atoms. The maximum Gasteiger partial charge on any atom is 0.231 e. The molecule has 6 nitrogen and oxygen atoms in total. The molecule has 1 N–H and O–H groups in total. The summed E-state index contributed by atoms with van der Waals surface area (Å²) >= 11 is 0. The van der Waals surface area contributed by atoms with E-state index < -0.39 is 14.8 Å². The lowest BCUT2D eigenvalue weighted by atomic mass is 9.81. The summed E-state index contributed by atoms with van der Waals surface area (Å²) in [6, 6.07) is 5.74. The van der Waals surface area contributed by atoms with E-state index >= 15 is 0 Å². The Morgan fingerprint density at radius 1 is 1.19 bits per heavy atom. The van der Waals surface area contributed by atoms with Crippen LogP contribution in [0.4, 0.5) is 0 Å². The molecular formula is C20H26N2O4S. The molecule has 1 aromatic carbocycles. The molecule has 0 aromatic heterocycles. The average Bonchev–Trinajstić information content (AvgIpc) is 3.16. The third-order valence-electron chi connectivity index (χ3n) is 5.90. The molecule has 1 fully saturated rings. The van der Waals surface area contributed by atoms with Crippen molar-refractivity contribution in [2.75, 3.05) is 33.0 Å². The summed E-state index contributed by atoms with van der Waals surface area (Å²) in [7, 11) is -3.54. The minimum Gasteiger partial charge on any atom is -0.454 e. The van der Waals surface area contributed by atoms with Crippen molar-refractivity contribution in [2.24, 2.45) is 0 Å². The second-order valence-electron chi connectivity index (χ2n) is 7.43. The van der Waals surface area contributed by atoms with Gasteiger partial charge in [-0.05, 0) is 31.0 Å². The first-order valence-corrected chi connectivity index (χ1v) is 10.8. The summed E-state index contributed by atoms with van der Waals surface area (Å²) in [5.74, 6) is 1.16. The average molecular weight is 391 g/mol. The van der Waals surface area contributed by atoms with Crippen molar-refractivity contribution in [3.8, 4) is 11.5 Å². The van der Waals surface area contributed by atoms with Gasteiger partial charge in [0.25, 0.3) is 0 Å². The topological polar surface area (TPSA) is 67.9 Å². The lowest BCUT2D eigenvalue weighted by molar-refractivity contribution is 0.174. The lowest BCUT2D eigenvalue weighted by Gasteiger charge is -2.42. The molecule has 0 amide bonds. The molecule has 2 atom stereocenters. The molecule has 4 rings (SSSR count). The van der Waals surface area contributed by atoms with E-state index in [0.717, 1.165) is 11.1 Å². The first-order valence-electron chi connectivity index (χ1n) is 9.40. The van der Waals surface area contributed by atoms with Crippen LogP contribution in [0.3, 0.4) is 0 Å². The zero-order chi connectivity index (χ0) is 19.1. The van der Waals surface area contributed by atoms with Gasteiger partial charge in [0.2, 0.25) is 16.8 Å². The zero-order valence-electron chi connectivity index (χ0n) is 15.8. The zero-order valence-corrected chi connectivity index (χ0v) is 16.6. The summed E-state index contributed by atoms with van der Waals surface area (Å²) in [6.07, 6.45) is 6.34. The van der Waals surface area contributed by atoms with E-state index in [9.17, 15) is 8.42 Å². The predicted octanol–water partition coefficient (Wildman–Crippen LogP) is 2.40. The maximum absolute atomic E-state index is 13.8. The second-order valence-corrected chi connectivity index (χ2v) is 9.66. The Labute approximate surface area is 160 Å². The van der Waals surface area contributed by atoms with Crippen molar-refractivity contribution in [3.63, 3.8) is 0 Å². The van der Waals surface area contributed by atoms with Crippen molar-refractivity contribution in [2.45, 2.75) is 30.9 Å². The van der Waals surface area contributed by atoms with Gasteiger partial charge >= 0.3 is 0 Å². The highest BCUT2D eigenvalue weighted by Crippen LogP contribution is 2.45. The van der Waals surface area contributed by atoms with Crippen molar-refractivity contribution in [3.05, 3.63) is 47.6 Å². The number of nitrogens with one attached hydrogen (secondary N) is 1. The van der Waals surface area contributed by atoms with Crippen LogP contribution in [0, 0.1) is 0 Å². The van der Waals surface area contributed by atoms with Crippen molar-refractivity contribution < 1.29 is 17.9 Å². The molecule has 0 radical (unpaired) electrons. The molecule has 1 aromatic rings. The Morgan fingerprint density at radius 3 is 2.63 bits per heavy atom. The normalized spacial score (nSPS) is 26.7. The van der Waals surface area contributed by atoms with Crippen LogP contribution in [0.25, 0.3) is 0 Å². The van der Waals surface area contributed by atoms with Gasteiger partial charge in [0.05, 0.1) is 0 Å². The number of benzene rings is 1. The highest BCUT2D eigenvalue weighted by molar-refractivity contribution is 7.90. The van der Waals surface area contributed by atoms with Gasteiger partial charge in [-0.3, -0.25) is 0 Å². The van der Waals surface area contributed by atoms with Gasteiger partial charge in [0.15, 0.2) is 11.5 Å². The highest BCUT2D eigenvalue weighted by atomic mass is 32.2. The minimum atomic E-state index is -3.54. The Kier molecular flexibility index (Phi) is 4.78. The number of rotatable bonds is 4. The summed E-state index contributed by atoms with van der Waals surface area (Å²) < 4.78 is 39.1. The van der Waals surface area contributed by atoms with E-state index in [1.54, 1.807) is 4.31 Å². The van der Waals surface area contributed by atoms with Crippen LogP contribution in [0.2, 0.25) is 0 Å². The molecule has 146 valence electrons. The van der Waals surface area contributed by atoms with Crippen molar-refractivity contribution in [1.82, 2.24) is 9.62 Å². The Morgan fingerprint density at radius 2 is 1.93 bits per heavy atom. The summed E-state index contributed by atoms with van der Waals surface area (Å²) in [4.78, 5) is 0. The Bertz CT molecular complexity index is 887. The van der Waals surface area contributed by atoms with Crippen molar-refractivity contribution >= 4 is 10.0 Å². The van der Waals surface area contributed by atoms with Crippen LogP contribution in [-0.2, 0) is 10.0 Å². The second kappa shape index (κ2) is 6.96. The van der Waals surface area contributed by atoms with E-state index in [1.807, 2.05) is 50.3 Å². The number of fused-ring (bicyclic) bond motifs is 1. The predicted molar refractivity (Wildman–Crippen MR) is 105 cm³/mol. The van der Waals surface area contributed by atoms with E-state index in [-0.39, 0.29) is 12.7 Å². The molecule has 0 spiro atoms. The first kappa shape index (κ1) is 18.5. The van der Waals surface area contributed by atoms with Crippen LogP contribution in [0.1, 0.15) is 31.7 Å². The van der Waals surface area contributed by atoms with E-state index in [1.165, 1.54) is 0 Å². The fourth-order valence-corrected chi connectivity index (χ4v) is 6.32. The van der Waals surface area contributed by atoms with Gasteiger partial charge in [0.1, 0.15) is 4.75 Å². The molecule has 1 unspecified atom stereocenters. The molecule has 0 saturated carbocycles. The smallest absolute Gasteiger partial charge is 0.231 e. The molecule has 7 heteroatoms. The summed E-state index contributed by atoms with van der Waals surface area (Å²) in [6.45, 7) is 6.60. The van der Waals surface area contributed by atoms with E-state index in [2.05, 4.69) is 5.32 Å². The Balaban J connectivity index is 1.76. The summed E-state index contributed by atoms with van der Waals surface area (Å²) in [5.41, 5.74) is 2.04. The molecule has 3 aliphatic rings. The standard InChI is InChI=1S/C20H26N2O4S/c1-15-5-7-20(8-6-15,27(23,24)22-11-9-21-10-12-22)16(2)17-3-4-18-19(13-17)26-14-25-18/h3-7,13,16,21H,8-12,14H2,1-2H3/t16?,20-/m1/s1. The number of piperazine rings is 1. The number of ether oxygens (including phenoxy) is 2. The number of hydrogen-bond donors (Lipinski definition) is 1. The van der Waals surface area contributed by atoms with Crippen molar-refractivity contribution in [1.29, 1.82) is 0 Å². The van der Waals surface area contributed by atoms with Gasteiger partial charge in [-0.1, -0.05) is 36.8 Å². The molecule has 2 aliphatic heterocycles. The molecule has 1 saturated heterocycles. The fourth-order valence-electron chi connectivity index (χ4n) is 4.05. The van der Waals surface area contributed by atoms with Crippen LogP contribution < -0.4 is 14.8 Å². The minimum absolute atomic E-state index is 0.208. The molecule has 2 heterocycles. The molecule has 1 aliphatic carbocycles. The lowest BCUT2D eigenvalue weighted by Crippen LogP contribution is -2.55. The van der Waals surface area contributed by atoms with Gasteiger partial charge in [-0.15, -0.1) is 0 Å². The molecule has 27 heavy (non-hydrogen) atoms. The van der Waals surface area contributed by atoms with E-state index in [0.29, 0.717) is 44.1 Å². The van der Waals surface area contributed by atoms with E-state index in [4.69, 9.17) is 9.47 Å². The van der Waals surface area contributed by atoms with Crippen LogP contribution >= 0.6 is 0 Å². The van der Waals surface area contributed by atoms with Gasteiger partial charge in [-0.25, -0.2) is 8.42 Å². The van der Waals surface area contributed by atoms with Gasteiger partial charge in [0, 0.05) is 32.1 Å². The van der Waals surface area contributed by atoms with Gasteiger partial charge < -0.3 is 14.8 Å². The van der Waals surface area contributed by atoms with Gasteiger partial charge in [-0.2, -0.15) is 4.31 Å². The van der Waals surface area contributed by atoms with Crippen LogP contribution in [0.5, 0.6) is 11.5 Å². The first-order chi connectivity index (χ1) is 12.9. The number of sulfonamides is 1. The number of hydrogen-bond acceptors (Lipinski definition) is 5. The maximum atomic E-state index is 13.8. The molecular weight excluding hydrogens is 364 g/mol. The summed E-state index contributed by atoms with van der Waals surface area (Å²) in [5, 5.41) is 3.23. The number of nitrogens with zero attached hydrogens (tertiary/aromatic N) is 1. The SMILES string of the molecule is CC1=CC[C@](C(C)c2ccc3c(c2)OCO3)(S(=O)(=O)N2CCNCC2)C=C1. The largest absolute Gasteiger partial charge is 0.454 e. The third-order valence-corrected chi connectivity index (χ3v) is 8.56. The van der Waals surface area contributed by atoms with Crippen LogP contribution in [-0.4, -0.2) is 50.4 Å². The number of allylic oxidation sites excluding steroid dienone is 3. The van der Waals surface area contributed by atoms with Crippen LogP contribution in [0.15, 0.2) is 42.0 Å².